The third-order valence-electron chi connectivity index (χ3n) is 6.29. The molecular formula is C29H23FN2O3. The number of halogens is 1. The molecule has 0 spiro atoms. The maximum atomic E-state index is 13.8. The van der Waals surface area contributed by atoms with Gasteiger partial charge in [-0.3, -0.25) is 4.79 Å². The van der Waals surface area contributed by atoms with Crippen molar-refractivity contribution in [3.05, 3.63) is 120 Å². The van der Waals surface area contributed by atoms with Crippen molar-refractivity contribution in [2.45, 2.75) is 12.5 Å². The lowest BCUT2D eigenvalue weighted by Gasteiger charge is -2.29. The van der Waals surface area contributed by atoms with E-state index < -0.39 is 23.7 Å². The molecule has 5 nitrogen and oxygen atoms in total. The second kappa shape index (κ2) is 9.43. The number of hydrogen-bond donors (Lipinski definition) is 2. The molecule has 4 aromatic carbocycles. The van der Waals surface area contributed by atoms with E-state index in [-0.39, 0.29) is 6.54 Å². The van der Waals surface area contributed by atoms with Crippen LogP contribution in [0.4, 0.5) is 4.39 Å². The summed E-state index contributed by atoms with van der Waals surface area (Å²) in [6, 6.07) is 24.9. The number of aromatic amines is 1. The highest BCUT2D eigenvalue weighted by molar-refractivity contribution is 6.00. The molecule has 0 aliphatic rings. The molecule has 6 heteroatoms. The van der Waals surface area contributed by atoms with Crippen LogP contribution in [0.25, 0.3) is 21.7 Å². The molecule has 35 heavy (non-hydrogen) atoms. The molecule has 174 valence electrons. The Labute approximate surface area is 201 Å². The maximum Gasteiger partial charge on any atom is 0.331 e. The predicted molar refractivity (Wildman–Crippen MR) is 134 cm³/mol. The van der Waals surface area contributed by atoms with Gasteiger partial charge in [0.05, 0.1) is 0 Å². The highest BCUT2D eigenvalue weighted by atomic mass is 19.1. The second-order valence-corrected chi connectivity index (χ2v) is 8.46. The number of benzene rings is 4. The van der Waals surface area contributed by atoms with Gasteiger partial charge in [0.15, 0.2) is 6.04 Å². The Kier molecular flexibility index (Phi) is 6.02. The smallest absolute Gasteiger partial charge is 0.331 e. The van der Waals surface area contributed by atoms with Crippen LogP contribution in [0.2, 0.25) is 0 Å². The largest absolute Gasteiger partial charge is 0.479 e. The Morgan fingerprint density at radius 1 is 0.886 bits per heavy atom. The molecule has 5 aromatic rings. The van der Waals surface area contributed by atoms with Crippen LogP contribution in [0.1, 0.15) is 27.5 Å². The van der Waals surface area contributed by atoms with Crippen molar-refractivity contribution in [2.75, 3.05) is 6.54 Å². The molecule has 1 atom stereocenters. The van der Waals surface area contributed by atoms with Gasteiger partial charge in [0, 0.05) is 29.2 Å². The van der Waals surface area contributed by atoms with Gasteiger partial charge in [-0.1, -0.05) is 60.7 Å². The number of para-hydroxylation sites is 1. The number of nitrogens with zero attached hydrogens (tertiary/aromatic N) is 1. The van der Waals surface area contributed by atoms with Crippen LogP contribution in [-0.2, 0) is 11.2 Å². The lowest BCUT2D eigenvalue weighted by atomic mass is 10.0. The molecule has 0 saturated carbocycles. The molecule has 1 amide bonds. The highest BCUT2D eigenvalue weighted by Gasteiger charge is 2.32. The number of nitrogens with one attached hydrogen (secondary N) is 1. The van der Waals surface area contributed by atoms with Crippen LogP contribution >= 0.6 is 0 Å². The molecule has 1 aromatic heterocycles. The summed E-state index contributed by atoms with van der Waals surface area (Å²) in [7, 11) is 0. The summed E-state index contributed by atoms with van der Waals surface area (Å²) >= 11 is 0. The number of carboxylic acids is 1. The van der Waals surface area contributed by atoms with E-state index in [0.29, 0.717) is 17.5 Å². The first-order valence-corrected chi connectivity index (χ1v) is 11.3. The standard InChI is InChI=1S/C29H23FN2O3/c30-24-13-11-20(12-14-24)27(29(34)35)32(16-15-23-18-31-26-8-4-3-7-25(23)26)28(33)22-10-9-19-5-1-2-6-21(19)17-22/h1-14,17-18,27,31H,15-16H2,(H,34,35)/t27-/m0/s1. The van der Waals surface area contributed by atoms with Gasteiger partial charge >= 0.3 is 5.97 Å². The van der Waals surface area contributed by atoms with Gasteiger partial charge in [-0.15, -0.1) is 0 Å². The number of carbonyl (C=O) groups is 2. The van der Waals surface area contributed by atoms with Crippen LogP contribution in [0, 0.1) is 5.82 Å². The van der Waals surface area contributed by atoms with Crippen molar-refractivity contribution in [2.24, 2.45) is 0 Å². The number of fused-ring (bicyclic) bond motifs is 2. The topological polar surface area (TPSA) is 73.4 Å². The Balaban J connectivity index is 1.54. The van der Waals surface area contributed by atoms with Crippen molar-refractivity contribution < 1.29 is 19.1 Å². The lowest BCUT2D eigenvalue weighted by molar-refractivity contribution is -0.142. The van der Waals surface area contributed by atoms with Crippen molar-refractivity contribution in [1.29, 1.82) is 0 Å². The first kappa shape index (κ1) is 22.3. The summed E-state index contributed by atoms with van der Waals surface area (Å²) in [5.41, 5.74) is 2.70. The van der Waals surface area contributed by atoms with E-state index in [9.17, 15) is 19.1 Å². The Morgan fingerprint density at radius 2 is 1.60 bits per heavy atom. The number of carbonyl (C=O) groups excluding carboxylic acids is 1. The van der Waals surface area contributed by atoms with E-state index in [1.807, 2.05) is 60.8 Å². The quantitative estimate of drug-likeness (QED) is 0.310. The zero-order valence-electron chi connectivity index (χ0n) is 18.8. The van der Waals surface area contributed by atoms with E-state index in [1.165, 1.54) is 29.2 Å². The molecule has 0 saturated heterocycles. The third-order valence-corrected chi connectivity index (χ3v) is 6.29. The summed E-state index contributed by atoms with van der Waals surface area (Å²) in [4.78, 5) is 30.8. The van der Waals surface area contributed by atoms with Crippen LogP contribution in [-0.4, -0.2) is 33.4 Å². The molecule has 0 aliphatic carbocycles. The van der Waals surface area contributed by atoms with Crippen molar-refractivity contribution in [1.82, 2.24) is 9.88 Å². The molecule has 0 bridgehead atoms. The monoisotopic (exact) mass is 466 g/mol. The highest BCUT2D eigenvalue weighted by Crippen LogP contribution is 2.27. The second-order valence-electron chi connectivity index (χ2n) is 8.46. The fraction of sp³-hybridized carbons (Fsp3) is 0.103. The SMILES string of the molecule is O=C(O)[C@H](c1ccc(F)cc1)N(CCc1c[nH]c2ccccc12)C(=O)c1ccc2ccccc2c1. The molecule has 0 unspecified atom stereocenters. The number of amides is 1. The minimum atomic E-state index is -1.26. The zero-order valence-corrected chi connectivity index (χ0v) is 18.8. The molecule has 1 heterocycles. The fourth-order valence-corrected chi connectivity index (χ4v) is 4.52. The van der Waals surface area contributed by atoms with E-state index in [1.54, 1.807) is 12.1 Å². The van der Waals surface area contributed by atoms with E-state index in [4.69, 9.17) is 0 Å². The summed E-state index contributed by atoms with van der Waals surface area (Å²) in [5, 5.41) is 13.1. The summed E-state index contributed by atoms with van der Waals surface area (Å²) < 4.78 is 13.6. The van der Waals surface area contributed by atoms with Crippen molar-refractivity contribution in [3.63, 3.8) is 0 Å². The minimum absolute atomic E-state index is 0.169. The molecular weight excluding hydrogens is 443 g/mol. The van der Waals surface area contributed by atoms with Gasteiger partial charge in [0.1, 0.15) is 5.82 Å². The van der Waals surface area contributed by atoms with Gasteiger partial charge < -0.3 is 15.0 Å². The Hall–Kier alpha value is -4.45. The first-order chi connectivity index (χ1) is 17.0. The Bertz CT molecular complexity index is 1520. The van der Waals surface area contributed by atoms with Crippen molar-refractivity contribution >= 4 is 33.6 Å². The summed E-state index contributed by atoms with van der Waals surface area (Å²) in [6.07, 6.45) is 2.34. The summed E-state index contributed by atoms with van der Waals surface area (Å²) in [5.74, 6) is -2.04. The number of aromatic nitrogens is 1. The normalized spacial score (nSPS) is 12.0. The fourth-order valence-electron chi connectivity index (χ4n) is 4.52. The van der Waals surface area contributed by atoms with E-state index in [0.717, 1.165) is 27.2 Å². The molecule has 0 aliphatic heterocycles. The molecule has 5 rings (SSSR count). The maximum absolute atomic E-state index is 13.8. The number of aliphatic carboxylic acids is 1. The lowest BCUT2D eigenvalue weighted by Crippen LogP contribution is -2.40. The predicted octanol–water partition coefficient (Wildman–Crippen LogP) is 5.97. The molecule has 2 N–H and O–H groups in total. The van der Waals surface area contributed by atoms with Gasteiger partial charge in [-0.05, 0) is 58.7 Å². The van der Waals surface area contributed by atoms with E-state index >= 15 is 0 Å². The average molecular weight is 467 g/mol. The van der Waals surface area contributed by atoms with Crippen LogP contribution in [0.5, 0.6) is 0 Å². The van der Waals surface area contributed by atoms with Crippen LogP contribution in [0.3, 0.4) is 0 Å². The number of rotatable bonds is 7. The summed E-state index contributed by atoms with van der Waals surface area (Å²) in [6.45, 7) is 0.169. The minimum Gasteiger partial charge on any atom is -0.479 e. The van der Waals surface area contributed by atoms with Gasteiger partial charge in [-0.25, -0.2) is 9.18 Å². The molecule has 0 fully saturated rings. The zero-order chi connectivity index (χ0) is 24.4. The van der Waals surface area contributed by atoms with E-state index in [2.05, 4.69) is 4.98 Å². The first-order valence-electron chi connectivity index (χ1n) is 11.3. The molecule has 0 radical (unpaired) electrons. The third kappa shape index (κ3) is 4.51. The van der Waals surface area contributed by atoms with Crippen molar-refractivity contribution in [3.8, 4) is 0 Å². The Morgan fingerprint density at radius 3 is 2.37 bits per heavy atom. The van der Waals surface area contributed by atoms with Gasteiger partial charge in [0.2, 0.25) is 0 Å². The van der Waals surface area contributed by atoms with Gasteiger partial charge in [0.25, 0.3) is 5.91 Å². The number of hydrogen-bond acceptors (Lipinski definition) is 2. The average Bonchev–Trinajstić information content (AvgIpc) is 3.29. The van der Waals surface area contributed by atoms with Gasteiger partial charge in [-0.2, -0.15) is 0 Å². The number of H-pyrrole nitrogens is 1. The van der Waals surface area contributed by atoms with Crippen LogP contribution in [0.15, 0.2) is 97.2 Å². The van der Waals surface area contributed by atoms with Crippen LogP contribution < -0.4 is 0 Å². The number of carboxylic acid groups (broad SMARTS) is 1.